The third-order valence-corrected chi connectivity index (χ3v) is 6.06. The van der Waals surface area contributed by atoms with Gasteiger partial charge in [0.15, 0.2) is 6.61 Å². The lowest BCUT2D eigenvalue weighted by Gasteiger charge is -2.22. The van der Waals surface area contributed by atoms with Gasteiger partial charge in [-0.1, -0.05) is 59.6 Å². The summed E-state index contributed by atoms with van der Waals surface area (Å²) in [5.41, 5.74) is 1.67. The van der Waals surface area contributed by atoms with Crippen LogP contribution in [0.2, 0.25) is 10.0 Å². The molecule has 0 aliphatic heterocycles. The van der Waals surface area contributed by atoms with E-state index in [9.17, 15) is 13.2 Å². The minimum atomic E-state index is -3.49. The first-order chi connectivity index (χ1) is 14.7. The Morgan fingerprint density at radius 2 is 1.55 bits per heavy atom. The number of nitrogens with one attached hydrogen (secondary N) is 1. The minimum Gasteiger partial charge on any atom is -0.484 e. The van der Waals surface area contributed by atoms with Gasteiger partial charge in [0.05, 0.1) is 34.2 Å². The lowest BCUT2D eigenvalue weighted by Crippen LogP contribution is -2.29. The van der Waals surface area contributed by atoms with Crippen molar-refractivity contribution in [2.45, 2.75) is 6.54 Å². The first-order valence-electron chi connectivity index (χ1n) is 9.22. The average Bonchev–Trinajstić information content (AvgIpc) is 2.74. The molecule has 9 heteroatoms. The fourth-order valence-electron chi connectivity index (χ4n) is 2.80. The maximum atomic E-state index is 12.3. The molecule has 3 aromatic carbocycles. The highest BCUT2D eigenvalue weighted by Gasteiger charge is 2.18. The molecule has 6 nitrogen and oxygen atoms in total. The molecule has 3 rings (SSSR count). The first kappa shape index (κ1) is 22.9. The molecule has 0 saturated heterocycles. The molecule has 0 spiro atoms. The van der Waals surface area contributed by atoms with Crippen molar-refractivity contribution in [3.63, 3.8) is 0 Å². The summed E-state index contributed by atoms with van der Waals surface area (Å²) in [6.45, 7) is -0.0540. The Morgan fingerprint density at radius 3 is 2.13 bits per heavy atom. The van der Waals surface area contributed by atoms with Crippen LogP contribution in [0.3, 0.4) is 0 Å². The molecule has 0 aromatic heterocycles. The number of carbonyl (C=O) groups excluding carboxylic acids is 1. The molecular weight excluding hydrogens is 459 g/mol. The van der Waals surface area contributed by atoms with Crippen molar-refractivity contribution in [1.82, 2.24) is 0 Å². The summed E-state index contributed by atoms with van der Waals surface area (Å²) in [5.74, 6) is -0.0155. The Labute approximate surface area is 191 Å². The second-order valence-electron chi connectivity index (χ2n) is 6.68. The number of hydrogen-bond acceptors (Lipinski definition) is 4. The molecule has 0 aliphatic carbocycles. The number of anilines is 2. The summed E-state index contributed by atoms with van der Waals surface area (Å²) in [5, 5.41) is 3.26. The van der Waals surface area contributed by atoms with Gasteiger partial charge in [0, 0.05) is 0 Å². The van der Waals surface area contributed by atoms with Crippen molar-refractivity contribution >= 4 is 50.5 Å². The van der Waals surface area contributed by atoms with Gasteiger partial charge in [0.25, 0.3) is 5.91 Å². The summed E-state index contributed by atoms with van der Waals surface area (Å²) in [6, 6.07) is 20.7. The van der Waals surface area contributed by atoms with Crippen LogP contribution in [0.4, 0.5) is 11.4 Å². The van der Waals surface area contributed by atoms with Crippen molar-refractivity contribution in [2.75, 3.05) is 22.5 Å². The summed E-state index contributed by atoms with van der Waals surface area (Å²) in [7, 11) is -3.49. The predicted octanol–water partition coefficient (Wildman–Crippen LogP) is 4.98. The molecule has 3 aromatic rings. The highest BCUT2D eigenvalue weighted by atomic mass is 35.5. The van der Waals surface area contributed by atoms with Gasteiger partial charge >= 0.3 is 0 Å². The Kier molecular flexibility index (Phi) is 7.43. The Morgan fingerprint density at radius 1 is 0.935 bits per heavy atom. The van der Waals surface area contributed by atoms with Gasteiger partial charge in [0.1, 0.15) is 5.75 Å². The summed E-state index contributed by atoms with van der Waals surface area (Å²) in [6.07, 6.45) is 1.16. The zero-order chi connectivity index (χ0) is 22.4. The van der Waals surface area contributed by atoms with Gasteiger partial charge in [-0.2, -0.15) is 0 Å². The van der Waals surface area contributed by atoms with Crippen molar-refractivity contribution in [3.8, 4) is 5.75 Å². The molecule has 162 valence electrons. The van der Waals surface area contributed by atoms with Crippen molar-refractivity contribution < 1.29 is 17.9 Å². The Balaban J connectivity index is 1.65. The number of halogens is 2. The Bertz CT molecular complexity index is 1130. The number of benzene rings is 3. The van der Waals surface area contributed by atoms with E-state index in [1.165, 1.54) is 4.31 Å². The van der Waals surface area contributed by atoms with Crippen LogP contribution in [0.15, 0.2) is 72.8 Å². The van der Waals surface area contributed by atoms with Gasteiger partial charge in [-0.05, 0) is 42.0 Å². The standard InChI is InChI=1S/C22H20Cl2N2O4S/c1-31(28,29)26(14-16-6-3-2-4-7-16)17-10-12-18(13-11-17)30-15-21(27)25-22-19(23)8-5-9-20(22)24/h2-13H,14-15H2,1H3,(H,25,27). The topological polar surface area (TPSA) is 75.7 Å². The number of rotatable bonds is 8. The number of sulfonamides is 1. The highest BCUT2D eigenvalue weighted by molar-refractivity contribution is 7.92. The van der Waals surface area contributed by atoms with Crippen LogP contribution in [-0.2, 0) is 21.4 Å². The van der Waals surface area contributed by atoms with Gasteiger partial charge in [-0.3, -0.25) is 9.10 Å². The molecule has 0 radical (unpaired) electrons. The van der Waals surface area contributed by atoms with Gasteiger partial charge in [-0.25, -0.2) is 8.42 Å². The SMILES string of the molecule is CS(=O)(=O)N(Cc1ccccc1)c1ccc(OCC(=O)Nc2c(Cl)cccc2Cl)cc1. The molecule has 1 N–H and O–H groups in total. The van der Waals surface area contributed by atoms with E-state index in [2.05, 4.69) is 5.32 Å². The van der Waals surface area contributed by atoms with Crippen LogP contribution in [0.1, 0.15) is 5.56 Å². The number of para-hydroxylation sites is 1. The average molecular weight is 479 g/mol. The normalized spacial score (nSPS) is 11.1. The number of ether oxygens (including phenoxy) is 1. The summed E-state index contributed by atoms with van der Waals surface area (Å²) in [4.78, 5) is 12.2. The maximum Gasteiger partial charge on any atom is 0.262 e. The molecule has 0 bridgehead atoms. The smallest absolute Gasteiger partial charge is 0.262 e. The van der Waals surface area contributed by atoms with E-state index in [1.807, 2.05) is 30.3 Å². The van der Waals surface area contributed by atoms with E-state index in [0.717, 1.165) is 11.8 Å². The van der Waals surface area contributed by atoms with Crippen LogP contribution in [0.25, 0.3) is 0 Å². The largest absolute Gasteiger partial charge is 0.484 e. The molecular formula is C22H20Cl2N2O4S. The van der Waals surface area contributed by atoms with Crippen molar-refractivity contribution in [3.05, 3.63) is 88.4 Å². The summed E-state index contributed by atoms with van der Waals surface area (Å²) >= 11 is 12.1. The molecule has 31 heavy (non-hydrogen) atoms. The number of carbonyl (C=O) groups is 1. The molecule has 0 heterocycles. The monoisotopic (exact) mass is 478 g/mol. The lowest BCUT2D eigenvalue weighted by atomic mass is 10.2. The molecule has 0 unspecified atom stereocenters. The first-order valence-corrected chi connectivity index (χ1v) is 11.8. The van der Waals surface area contributed by atoms with Crippen molar-refractivity contribution in [1.29, 1.82) is 0 Å². The van der Waals surface area contributed by atoms with Gasteiger partial charge < -0.3 is 10.1 Å². The fourth-order valence-corrected chi connectivity index (χ4v) is 4.18. The number of nitrogens with zero attached hydrogens (tertiary/aromatic N) is 1. The second kappa shape index (κ2) is 10.0. The predicted molar refractivity (Wildman–Crippen MR) is 124 cm³/mol. The molecule has 0 aliphatic rings. The van der Waals surface area contributed by atoms with E-state index < -0.39 is 15.9 Å². The molecule has 1 amide bonds. The highest BCUT2D eigenvalue weighted by Crippen LogP contribution is 2.30. The van der Waals surface area contributed by atoms with Crippen LogP contribution in [0, 0.1) is 0 Å². The van der Waals surface area contributed by atoms with Crippen LogP contribution in [-0.4, -0.2) is 27.2 Å². The molecule has 0 fully saturated rings. The summed E-state index contributed by atoms with van der Waals surface area (Å²) < 4.78 is 31.4. The van der Waals surface area contributed by atoms with E-state index in [0.29, 0.717) is 27.2 Å². The van der Waals surface area contributed by atoms with Gasteiger partial charge in [-0.15, -0.1) is 0 Å². The van der Waals surface area contributed by atoms with E-state index in [-0.39, 0.29) is 13.2 Å². The Hall–Kier alpha value is -2.74. The second-order valence-corrected chi connectivity index (χ2v) is 9.40. The zero-order valence-electron chi connectivity index (χ0n) is 16.6. The zero-order valence-corrected chi connectivity index (χ0v) is 18.9. The molecule has 0 atom stereocenters. The quantitative estimate of drug-likeness (QED) is 0.495. The van der Waals surface area contributed by atoms with Crippen LogP contribution < -0.4 is 14.4 Å². The van der Waals surface area contributed by atoms with E-state index in [1.54, 1.807) is 42.5 Å². The maximum absolute atomic E-state index is 12.3. The number of amides is 1. The third kappa shape index (κ3) is 6.37. The third-order valence-electron chi connectivity index (χ3n) is 4.29. The van der Waals surface area contributed by atoms with E-state index >= 15 is 0 Å². The number of hydrogen-bond donors (Lipinski definition) is 1. The molecule has 0 saturated carbocycles. The lowest BCUT2D eigenvalue weighted by molar-refractivity contribution is -0.118. The minimum absolute atomic E-state index is 0.209. The fraction of sp³-hybridized carbons (Fsp3) is 0.136. The van der Waals surface area contributed by atoms with Gasteiger partial charge in [0.2, 0.25) is 10.0 Å². The van der Waals surface area contributed by atoms with Crippen LogP contribution >= 0.6 is 23.2 Å². The van der Waals surface area contributed by atoms with E-state index in [4.69, 9.17) is 27.9 Å². The van der Waals surface area contributed by atoms with Crippen LogP contribution in [0.5, 0.6) is 5.75 Å². The van der Waals surface area contributed by atoms with Crippen molar-refractivity contribution in [2.24, 2.45) is 0 Å².